The zero-order valence-corrected chi connectivity index (χ0v) is 15.1. The van der Waals surface area contributed by atoms with Crippen LogP contribution in [0, 0.1) is 5.82 Å². The minimum atomic E-state index is -0.658. The molecule has 2 aliphatic rings. The first-order valence-electron chi connectivity index (χ1n) is 8.50. The standard InChI is InChI=1S/C18H18FN3O4S/c19-13-7-12(1-2-14(13)20-4-5-23)22-10-18(26-17(22)24)8-15(18)21-16(27)11-3-6-25-9-11/h1-3,6-7,9,15,20,23H,4-5,8,10H2,(H,21,27)/t15-,18?/m0/s1. The molecule has 1 aliphatic carbocycles. The van der Waals surface area contributed by atoms with Gasteiger partial charge in [-0.15, -0.1) is 0 Å². The lowest BCUT2D eigenvalue weighted by Gasteiger charge is -2.15. The second-order valence-corrected chi connectivity index (χ2v) is 6.98. The van der Waals surface area contributed by atoms with Gasteiger partial charge in [0.1, 0.15) is 17.1 Å². The van der Waals surface area contributed by atoms with Crippen molar-refractivity contribution < 1.29 is 23.4 Å². The molecule has 0 radical (unpaired) electrons. The van der Waals surface area contributed by atoms with Crippen LogP contribution in [0.5, 0.6) is 0 Å². The number of hydrogen-bond acceptors (Lipinski definition) is 6. The van der Waals surface area contributed by atoms with Crippen molar-refractivity contribution in [2.45, 2.75) is 18.1 Å². The first kappa shape index (κ1) is 17.7. The summed E-state index contributed by atoms with van der Waals surface area (Å²) in [7, 11) is 0. The highest BCUT2D eigenvalue weighted by atomic mass is 32.1. The van der Waals surface area contributed by atoms with E-state index in [1.807, 2.05) is 0 Å². The Morgan fingerprint density at radius 2 is 2.30 bits per heavy atom. The van der Waals surface area contributed by atoms with Crippen LogP contribution in [0.15, 0.2) is 41.2 Å². The molecule has 1 amide bonds. The van der Waals surface area contributed by atoms with E-state index in [0.717, 1.165) is 5.56 Å². The third kappa shape index (κ3) is 3.35. The summed E-state index contributed by atoms with van der Waals surface area (Å²) in [5.74, 6) is -0.499. The Hall–Kier alpha value is -2.65. The number of nitrogens with one attached hydrogen (secondary N) is 2. The fraction of sp³-hybridized carbons (Fsp3) is 0.333. The maximum Gasteiger partial charge on any atom is 0.415 e. The second kappa shape index (κ2) is 6.82. The van der Waals surface area contributed by atoms with E-state index in [-0.39, 0.29) is 24.9 Å². The summed E-state index contributed by atoms with van der Waals surface area (Å²) in [5, 5.41) is 14.8. The van der Waals surface area contributed by atoms with Gasteiger partial charge >= 0.3 is 6.09 Å². The molecule has 142 valence electrons. The maximum absolute atomic E-state index is 14.2. The molecule has 1 saturated carbocycles. The number of benzene rings is 1. The first-order valence-corrected chi connectivity index (χ1v) is 8.91. The van der Waals surface area contributed by atoms with Crippen molar-refractivity contribution in [2.24, 2.45) is 0 Å². The van der Waals surface area contributed by atoms with E-state index in [1.165, 1.54) is 23.3 Å². The molecule has 2 atom stereocenters. The molecule has 1 aliphatic heterocycles. The van der Waals surface area contributed by atoms with E-state index in [1.54, 1.807) is 18.4 Å². The fourth-order valence-electron chi connectivity index (χ4n) is 3.19. The third-order valence-corrected chi connectivity index (χ3v) is 5.10. The quantitative estimate of drug-likeness (QED) is 0.651. The number of carbonyl (C=O) groups is 1. The van der Waals surface area contributed by atoms with Crippen LogP contribution in [0.4, 0.5) is 20.6 Å². The molecule has 3 N–H and O–H groups in total. The van der Waals surface area contributed by atoms with Crippen molar-refractivity contribution in [3.63, 3.8) is 0 Å². The SMILES string of the molecule is O=C1OC2(C[C@@H]2NC(=S)c2ccoc2)CN1c1ccc(NCCO)c(F)c1. The molecule has 1 saturated heterocycles. The number of aliphatic hydroxyl groups is 1. The molecule has 2 aromatic rings. The lowest BCUT2D eigenvalue weighted by Crippen LogP contribution is -2.34. The summed E-state index contributed by atoms with van der Waals surface area (Å²) in [6.45, 7) is 0.465. The van der Waals surface area contributed by atoms with Gasteiger partial charge in [-0.2, -0.15) is 0 Å². The van der Waals surface area contributed by atoms with Crippen molar-refractivity contribution in [2.75, 3.05) is 29.9 Å². The summed E-state index contributed by atoms with van der Waals surface area (Å²) in [6.07, 6.45) is 3.21. The minimum absolute atomic E-state index is 0.0933. The summed E-state index contributed by atoms with van der Waals surface area (Å²) in [4.78, 5) is 14.3. The average molecular weight is 391 g/mol. The number of aliphatic hydroxyl groups excluding tert-OH is 1. The zero-order chi connectivity index (χ0) is 19.0. The number of amides is 1. The van der Waals surface area contributed by atoms with Gasteiger partial charge in [0.2, 0.25) is 0 Å². The van der Waals surface area contributed by atoms with Crippen LogP contribution in [0.2, 0.25) is 0 Å². The summed E-state index contributed by atoms with van der Waals surface area (Å²) >= 11 is 5.33. The van der Waals surface area contributed by atoms with Crippen LogP contribution in [0.1, 0.15) is 12.0 Å². The Balaban J connectivity index is 1.43. The number of thiocarbonyl (C=S) groups is 1. The van der Waals surface area contributed by atoms with Crippen molar-refractivity contribution in [1.29, 1.82) is 0 Å². The number of nitrogens with zero attached hydrogens (tertiary/aromatic N) is 1. The lowest BCUT2D eigenvalue weighted by molar-refractivity contribution is 0.124. The van der Waals surface area contributed by atoms with Gasteiger partial charge in [0.15, 0.2) is 5.60 Å². The lowest BCUT2D eigenvalue weighted by atomic mass is 10.2. The maximum atomic E-state index is 14.2. The van der Waals surface area contributed by atoms with Gasteiger partial charge < -0.3 is 24.9 Å². The van der Waals surface area contributed by atoms with Crippen molar-refractivity contribution in [3.8, 4) is 0 Å². The van der Waals surface area contributed by atoms with Crippen LogP contribution in [0.25, 0.3) is 0 Å². The highest BCUT2D eigenvalue weighted by Gasteiger charge is 2.64. The molecule has 9 heteroatoms. The molecule has 7 nitrogen and oxygen atoms in total. The number of rotatable bonds is 6. The number of halogens is 1. The van der Waals surface area contributed by atoms with E-state index < -0.39 is 17.5 Å². The Morgan fingerprint density at radius 3 is 3.00 bits per heavy atom. The molecule has 1 unspecified atom stereocenters. The number of hydrogen-bond donors (Lipinski definition) is 3. The van der Waals surface area contributed by atoms with Crippen LogP contribution in [-0.2, 0) is 4.74 Å². The summed E-state index contributed by atoms with van der Waals surface area (Å²) in [6, 6.07) is 6.12. The zero-order valence-electron chi connectivity index (χ0n) is 14.3. The van der Waals surface area contributed by atoms with E-state index in [2.05, 4.69) is 10.6 Å². The summed E-state index contributed by atoms with van der Waals surface area (Å²) in [5.41, 5.74) is 0.801. The Labute approximate surface area is 160 Å². The predicted octanol–water partition coefficient (Wildman–Crippen LogP) is 2.26. The Kier molecular flexibility index (Phi) is 4.48. The van der Waals surface area contributed by atoms with Crippen LogP contribution < -0.4 is 15.5 Å². The van der Waals surface area contributed by atoms with E-state index >= 15 is 0 Å². The van der Waals surface area contributed by atoms with Crippen molar-refractivity contribution >= 4 is 34.7 Å². The van der Waals surface area contributed by atoms with Crippen LogP contribution in [0.3, 0.4) is 0 Å². The van der Waals surface area contributed by atoms with Gasteiger partial charge in [0, 0.05) is 18.5 Å². The van der Waals surface area contributed by atoms with Crippen molar-refractivity contribution in [1.82, 2.24) is 5.32 Å². The molecule has 0 bridgehead atoms. The normalized spacial score (nSPS) is 23.4. The molecule has 27 heavy (non-hydrogen) atoms. The highest BCUT2D eigenvalue weighted by Crippen LogP contribution is 2.46. The van der Waals surface area contributed by atoms with E-state index in [9.17, 15) is 9.18 Å². The largest absolute Gasteiger partial charge is 0.472 e. The highest BCUT2D eigenvalue weighted by molar-refractivity contribution is 7.80. The molecule has 1 aromatic carbocycles. The van der Waals surface area contributed by atoms with E-state index in [4.69, 9.17) is 26.5 Å². The molecule has 2 heterocycles. The Bertz CT molecular complexity index is 875. The number of ether oxygens (including phenoxy) is 1. The minimum Gasteiger partial charge on any atom is -0.472 e. The van der Waals surface area contributed by atoms with Gasteiger partial charge in [-0.1, -0.05) is 12.2 Å². The van der Waals surface area contributed by atoms with Gasteiger partial charge in [-0.3, -0.25) is 4.90 Å². The average Bonchev–Trinajstić information content (AvgIpc) is 3.03. The number of carbonyl (C=O) groups excluding carboxylic acids is 1. The number of furan rings is 1. The van der Waals surface area contributed by atoms with Crippen molar-refractivity contribution in [3.05, 3.63) is 48.2 Å². The van der Waals surface area contributed by atoms with Gasteiger partial charge in [-0.05, 0) is 24.3 Å². The smallest absolute Gasteiger partial charge is 0.415 e. The van der Waals surface area contributed by atoms with Crippen LogP contribution in [-0.4, -0.2) is 47.5 Å². The topological polar surface area (TPSA) is 87.0 Å². The molecule has 1 aromatic heterocycles. The summed E-state index contributed by atoms with van der Waals surface area (Å²) < 4.78 is 24.8. The van der Waals surface area contributed by atoms with Gasteiger partial charge in [0.05, 0.1) is 36.8 Å². The number of anilines is 2. The predicted molar refractivity (Wildman–Crippen MR) is 100 cm³/mol. The monoisotopic (exact) mass is 391 g/mol. The Morgan fingerprint density at radius 1 is 1.44 bits per heavy atom. The van der Waals surface area contributed by atoms with Crippen LogP contribution >= 0.6 is 12.2 Å². The molecule has 4 rings (SSSR count). The van der Waals surface area contributed by atoms with Gasteiger partial charge in [-0.25, -0.2) is 9.18 Å². The molecular weight excluding hydrogens is 373 g/mol. The molecule has 2 fully saturated rings. The first-order chi connectivity index (χ1) is 13.0. The molecule has 1 spiro atoms. The molecular formula is C18H18FN3O4S. The second-order valence-electron chi connectivity index (χ2n) is 6.58. The third-order valence-electron chi connectivity index (χ3n) is 4.74. The van der Waals surface area contributed by atoms with E-state index in [0.29, 0.717) is 23.6 Å². The fourth-order valence-corrected chi connectivity index (χ4v) is 3.45. The van der Waals surface area contributed by atoms with Gasteiger partial charge in [0.25, 0.3) is 0 Å².